The van der Waals surface area contributed by atoms with E-state index in [1.165, 1.54) is 13.2 Å². The van der Waals surface area contributed by atoms with Crippen LogP contribution in [0.15, 0.2) is 21.7 Å². The topological polar surface area (TPSA) is 63.7 Å². The highest BCUT2D eigenvalue weighted by molar-refractivity contribution is 7.91. The normalized spacial score (nSPS) is 25.2. The van der Waals surface area contributed by atoms with Crippen LogP contribution in [-0.4, -0.2) is 43.8 Å². The lowest BCUT2D eigenvalue weighted by molar-refractivity contribution is -0.144. The third kappa shape index (κ3) is 2.40. The van der Waals surface area contributed by atoms with Gasteiger partial charge in [0.25, 0.3) is 10.0 Å². The number of carbonyl (C=O) groups excluding carboxylic acids is 1. The average molecular weight is 310 g/mol. The predicted molar refractivity (Wildman–Crippen MR) is 68.3 cm³/mol. The van der Waals surface area contributed by atoms with Crippen LogP contribution in [0.25, 0.3) is 0 Å². The van der Waals surface area contributed by atoms with E-state index in [-0.39, 0.29) is 22.6 Å². The van der Waals surface area contributed by atoms with E-state index in [4.69, 9.17) is 11.6 Å². The first-order chi connectivity index (χ1) is 8.46. The number of sulfonamides is 1. The summed E-state index contributed by atoms with van der Waals surface area (Å²) < 4.78 is 30.6. The molecule has 0 unspecified atom stereocenters. The van der Waals surface area contributed by atoms with Gasteiger partial charge in [0, 0.05) is 11.9 Å². The maximum atomic E-state index is 12.3. The van der Waals surface area contributed by atoms with Crippen molar-refractivity contribution in [1.29, 1.82) is 0 Å². The Labute approximate surface area is 114 Å². The van der Waals surface area contributed by atoms with E-state index < -0.39 is 22.0 Å². The lowest BCUT2D eigenvalue weighted by Crippen LogP contribution is -2.40. The number of nitrogens with zero attached hydrogens (tertiary/aromatic N) is 1. The van der Waals surface area contributed by atoms with E-state index in [0.29, 0.717) is 0 Å². The van der Waals surface area contributed by atoms with E-state index >= 15 is 0 Å². The second kappa shape index (κ2) is 5.16. The summed E-state index contributed by atoms with van der Waals surface area (Å²) in [5.41, 5.74) is 0. The van der Waals surface area contributed by atoms with Crippen molar-refractivity contribution >= 4 is 38.9 Å². The predicted octanol–water partition coefficient (Wildman–Crippen LogP) is 1.29. The fourth-order valence-corrected chi connectivity index (χ4v) is 5.05. The van der Waals surface area contributed by atoms with Crippen LogP contribution in [-0.2, 0) is 19.6 Å². The van der Waals surface area contributed by atoms with E-state index in [1.54, 1.807) is 11.4 Å². The second-order valence-corrected chi connectivity index (χ2v) is 7.56. The van der Waals surface area contributed by atoms with E-state index in [1.807, 2.05) is 0 Å². The van der Waals surface area contributed by atoms with Gasteiger partial charge in [0.05, 0.1) is 7.11 Å². The number of thiophene rings is 1. The minimum Gasteiger partial charge on any atom is -0.468 e. The Morgan fingerprint density at radius 1 is 1.61 bits per heavy atom. The Morgan fingerprint density at radius 2 is 2.33 bits per heavy atom. The van der Waals surface area contributed by atoms with Crippen molar-refractivity contribution in [3.8, 4) is 0 Å². The number of halogens is 1. The first-order valence-electron chi connectivity index (χ1n) is 5.24. The Kier molecular flexibility index (Phi) is 3.96. The maximum absolute atomic E-state index is 12.3. The molecule has 0 spiro atoms. The summed E-state index contributed by atoms with van der Waals surface area (Å²) in [4.78, 5) is 11.6. The van der Waals surface area contributed by atoms with Crippen LogP contribution in [0, 0.1) is 0 Å². The lowest BCUT2D eigenvalue weighted by Gasteiger charge is -2.20. The number of hydrogen-bond donors (Lipinski definition) is 0. The molecule has 2 heterocycles. The van der Waals surface area contributed by atoms with E-state index in [9.17, 15) is 13.2 Å². The quantitative estimate of drug-likeness (QED) is 0.623. The van der Waals surface area contributed by atoms with Gasteiger partial charge in [0.1, 0.15) is 10.3 Å². The highest BCUT2D eigenvalue weighted by atomic mass is 35.5. The molecule has 1 aromatic heterocycles. The molecule has 1 aromatic rings. The Balaban J connectivity index is 2.34. The van der Waals surface area contributed by atoms with Crippen LogP contribution < -0.4 is 0 Å². The average Bonchev–Trinajstić information content (AvgIpc) is 2.96. The number of esters is 1. The van der Waals surface area contributed by atoms with Crippen molar-refractivity contribution in [2.45, 2.75) is 22.0 Å². The molecule has 0 aromatic carbocycles. The number of hydrogen-bond acceptors (Lipinski definition) is 5. The number of carbonyl (C=O) groups is 1. The van der Waals surface area contributed by atoms with Crippen LogP contribution in [0.2, 0.25) is 0 Å². The smallest absolute Gasteiger partial charge is 0.324 e. The Morgan fingerprint density at radius 3 is 2.89 bits per heavy atom. The van der Waals surface area contributed by atoms with Crippen LogP contribution in [0.5, 0.6) is 0 Å². The molecule has 18 heavy (non-hydrogen) atoms. The lowest BCUT2D eigenvalue weighted by atomic mass is 10.2. The second-order valence-electron chi connectivity index (χ2n) is 3.88. The monoisotopic (exact) mass is 309 g/mol. The third-order valence-electron chi connectivity index (χ3n) is 2.74. The van der Waals surface area contributed by atoms with Gasteiger partial charge in [-0.1, -0.05) is 6.07 Å². The minimum atomic E-state index is -3.67. The number of rotatable bonds is 3. The van der Waals surface area contributed by atoms with Gasteiger partial charge >= 0.3 is 5.97 Å². The number of ether oxygens (including phenoxy) is 1. The van der Waals surface area contributed by atoms with Crippen LogP contribution in [0.3, 0.4) is 0 Å². The molecule has 1 aliphatic rings. The molecular weight excluding hydrogens is 298 g/mol. The molecule has 1 saturated heterocycles. The fourth-order valence-electron chi connectivity index (χ4n) is 1.90. The first kappa shape index (κ1) is 13.8. The summed E-state index contributed by atoms with van der Waals surface area (Å²) in [5, 5.41) is 1.30. The molecule has 8 heteroatoms. The van der Waals surface area contributed by atoms with Crippen molar-refractivity contribution in [2.24, 2.45) is 0 Å². The van der Waals surface area contributed by atoms with Gasteiger partial charge in [0.15, 0.2) is 0 Å². The summed E-state index contributed by atoms with van der Waals surface area (Å²) in [6, 6.07) is 2.33. The van der Waals surface area contributed by atoms with Gasteiger partial charge in [-0.05, 0) is 17.9 Å². The van der Waals surface area contributed by atoms with Crippen molar-refractivity contribution in [2.75, 3.05) is 13.7 Å². The minimum absolute atomic E-state index is 0.127. The summed E-state index contributed by atoms with van der Waals surface area (Å²) in [6.45, 7) is 0.127. The molecule has 1 fully saturated rings. The first-order valence-corrected chi connectivity index (χ1v) is 7.99. The maximum Gasteiger partial charge on any atom is 0.324 e. The molecule has 0 bridgehead atoms. The van der Waals surface area contributed by atoms with Crippen molar-refractivity contribution < 1.29 is 17.9 Å². The largest absolute Gasteiger partial charge is 0.468 e. The molecule has 0 N–H and O–H groups in total. The SMILES string of the molecule is COC(=O)[C@@H]1C[C@@H](Cl)CN1S(=O)(=O)c1cccs1. The molecule has 100 valence electrons. The molecule has 2 atom stereocenters. The summed E-state index contributed by atoms with van der Waals surface area (Å²) in [5.74, 6) is -0.571. The Bertz CT molecular complexity index is 528. The fraction of sp³-hybridized carbons (Fsp3) is 0.500. The summed E-state index contributed by atoms with van der Waals surface area (Å²) in [7, 11) is -2.43. The van der Waals surface area contributed by atoms with Crippen LogP contribution >= 0.6 is 22.9 Å². The van der Waals surface area contributed by atoms with Crippen molar-refractivity contribution in [1.82, 2.24) is 4.31 Å². The zero-order valence-corrected chi connectivity index (χ0v) is 12.0. The third-order valence-corrected chi connectivity index (χ3v) is 6.30. The van der Waals surface area contributed by atoms with E-state index in [2.05, 4.69) is 4.74 Å². The molecule has 0 saturated carbocycles. The zero-order valence-electron chi connectivity index (χ0n) is 9.58. The number of methoxy groups -OCH3 is 1. The molecule has 5 nitrogen and oxygen atoms in total. The molecular formula is C10H12ClNO4S2. The molecule has 0 radical (unpaired) electrons. The van der Waals surface area contributed by atoms with Gasteiger partial charge in [0.2, 0.25) is 0 Å². The zero-order chi connectivity index (χ0) is 13.3. The molecule has 1 aliphatic heterocycles. The van der Waals surface area contributed by atoms with Gasteiger partial charge in [-0.3, -0.25) is 4.79 Å². The van der Waals surface area contributed by atoms with E-state index in [0.717, 1.165) is 15.6 Å². The molecule has 0 aliphatic carbocycles. The van der Waals surface area contributed by atoms with Gasteiger partial charge < -0.3 is 4.74 Å². The molecule has 0 amide bonds. The Hall–Kier alpha value is -0.630. The van der Waals surface area contributed by atoms with Crippen LogP contribution in [0.1, 0.15) is 6.42 Å². The van der Waals surface area contributed by atoms with Crippen molar-refractivity contribution in [3.05, 3.63) is 17.5 Å². The van der Waals surface area contributed by atoms with Gasteiger partial charge in [-0.2, -0.15) is 4.31 Å². The van der Waals surface area contributed by atoms with Crippen molar-refractivity contribution in [3.63, 3.8) is 0 Å². The van der Waals surface area contributed by atoms with Gasteiger partial charge in [-0.25, -0.2) is 8.42 Å². The highest BCUT2D eigenvalue weighted by Crippen LogP contribution is 2.31. The summed E-state index contributed by atoms with van der Waals surface area (Å²) in [6.07, 6.45) is 0.277. The van der Waals surface area contributed by atoms with Crippen LogP contribution in [0.4, 0.5) is 0 Å². The number of alkyl halides is 1. The molecule has 2 rings (SSSR count). The standard InChI is InChI=1S/C10H12ClNO4S2/c1-16-10(13)8-5-7(11)6-12(8)18(14,15)9-3-2-4-17-9/h2-4,7-8H,5-6H2,1H3/t7-,8+/m1/s1. The van der Waals surface area contributed by atoms with Gasteiger partial charge in [-0.15, -0.1) is 22.9 Å². The summed E-state index contributed by atoms with van der Waals surface area (Å²) >= 11 is 7.07. The highest BCUT2D eigenvalue weighted by Gasteiger charge is 2.44.